The normalized spacial score (nSPS) is 11.1. The molecule has 3 aromatic carbocycles. The van der Waals surface area contributed by atoms with Crippen molar-refractivity contribution in [1.82, 2.24) is 0 Å². The SMILES string of the molecule is CCCCCCCCOC(=O)Oc1c2ccccc2c(OC(=O)OCCCCCCCC)c2cc(CC)c(CC)cc12. The van der Waals surface area contributed by atoms with Gasteiger partial charge in [-0.25, -0.2) is 9.59 Å². The summed E-state index contributed by atoms with van der Waals surface area (Å²) in [5.74, 6) is 0.831. The Labute approximate surface area is 252 Å². The number of rotatable bonds is 18. The van der Waals surface area contributed by atoms with Crippen molar-refractivity contribution in [1.29, 1.82) is 0 Å². The minimum absolute atomic E-state index is 0.326. The summed E-state index contributed by atoms with van der Waals surface area (Å²) < 4.78 is 22.7. The van der Waals surface area contributed by atoms with Crippen LogP contribution < -0.4 is 9.47 Å². The number of unbranched alkanes of at least 4 members (excludes halogenated alkanes) is 10. The van der Waals surface area contributed by atoms with Crippen LogP contribution >= 0.6 is 0 Å². The molecule has 42 heavy (non-hydrogen) atoms. The molecule has 0 spiro atoms. The summed E-state index contributed by atoms with van der Waals surface area (Å²) in [6.45, 7) is 9.25. The van der Waals surface area contributed by atoms with Crippen LogP contribution in [0.3, 0.4) is 0 Å². The van der Waals surface area contributed by atoms with E-state index in [1.54, 1.807) is 0 Å². The zero-order chi connectivity index (χ0) is 30.2. The van der Waals surface area contributed by atoms with Crippen molar-refractivity contribution in [2.24, 2.45) is 0 Å². The van der Waals surface area contributed by atoms with Crippen LogP contribution in [0.15, 0.2) is 36.4 Å². The molecule has 0 aliphatic carbocycles. The maximum atomic E-state index is 12.9. The summed E-state index contributed by atoms with van der Waals surface area (Å²) >= 11 is 0. The Morgan fingerprint density at radius 3 is 1.29 bits per heavy atom. The standard InChI is InChI=1S/C36H50O6/c1-5-9-11-13-15-19-23-39-35(37)41-33-29-21-17-18-22-30(29)34(32-26-28(8-4)27(7-3)25-31(32)33)42-36(38)40-24-20-16-14-12-10-6-2/h17-18,21-22,25-26H,5-16,19-20,23-24H2,1-4H3. The van der Waals surface area contributed by atoms with Crippen LogP contribution in [0.2, 0.25) is 0 Å². The van der Waals surface area contributed by atoms with Gasteiger partial charge in [0.05, 0.1) is 13.2 Å². The molecule has 0 N–H and O–H groups in total. The second kappa shape index (κ2) is 18.3. The average Bonchev–Trinajstić information content (AvgIpc) is 3.01. The molecule has 0 unspecified atom stereocenters. The zero-order valence-corrected chi connectivity index (χ0v) is 26.2. The molecule has 0 aliphatic rings. The third-order valence-corrected chi connectivity index (χ3v) is 7.81. The molecule has 0 atom stereocenters. The fourth-order valence-corrected chi connectivity index (χ4v) is 5.41. The van der Waals surface area contributed by atoms with Gasteiger partial charge in [-0.1, -0.05) is 116 Å². The van der Waals surface area contributed by atoms with Gasteiger partial charge in [-0.2, -0.15) is 0 Å². The lowest BCUT2D eigenvalue weighted by Crippen LogP contribution is -2.14. The van der Waals surface area contributed by atoms with E-state index in [1.807, 2.05) is 36.4 Å². The van der Waals surface area contributed by atoms with E-state index in [4.69, 9.17) is 18.9 Å². The Balaban J connectivity index is 1.85. The Kier molecular flexibility index (Phi) is 14.5. The van der Waals surface area contributed by atoms with Gasteiger partial charge in [-0.15, -0.1) is 0 Å². The molecule has 0 radical (unpaired) electrons. The molecule has 0 aliphatic heterocycles. The summed E-state index contributed by atoms with van der Waals surface area (Å²) in [4.78, 5) is 25.7. The van der Waals surface area contributed by atoms with Gasteiger partial charge in [0, 0.05) is 21.5 Å². The Bertz CT molecular complexity index is 1180. The van der Waals surface area contributed by atoms with E-state index in [2.05, 4.69) is 27.7 Å². The smallest absolute Gasteiger partial charge is 0.434 e. The molecule has 3 rings (SSSR count). The second-order valence-electron chi connectivity index (χ2n) is 11.0. The molecule has 6 heteroatoms. The number of aryl methyl sites for hydroxylation is 2. The van der Waals surface area contributed by atoms with E-state index < -0.39 is 12.3 Å². The summed E-state index contributed by atoms with van der Waals surface area (Å²) in [6.07, 6.45) is 13.5. The van der Waals surface area contributed by atoms with Gasteiger partial charge in [0.25, 0.3) is 0 Å². The van der Waals surface area contributed by atoms with Crippen molar-refractivity contribution in [2.75, 3.05) is 13.2 Å². The first-order chi connectivity index (χ1) is 20.5. The number of ether oxygens (including phenoxy) is 4. The first-order valence-corrected chi connectivity index (χ1v) is 16.2. The van der Waals surface area contributed by atoms with Crippen molar-refractivity contribution in [3.05, 3.63) is 47.5 Å². The van der Waals surface area contributed by atoms with Crippen molar-refractivity contribution in [2.45, 2.75) is 118 Å². The van der Waals surface area contributed by atoms with Gasteiger partial charge in [-0.05, 0) is 48.9 Å². The lowest BCUT2D eigenvalue weighted by atomic mass is 9.94. The van der Waals surface area contributed by atoms with Crippen LogP contribution in [0, 0.1) is 0 Å². The van der Waals surface area contributed by atoms with Gasteiger partial charge in [0.2, 0.25) is 0 Å². The predicted octanol–water partition coefficient (Wildman–Crippen LogP) is 10.9. The fourth-order valence-electron chi connectivity index (χ4n) is 5.41. The highest BCUT2D eigenvalue weighted by molar-refractivity contribution is 6.12. The quantitative estimate of drug-likeness (QED) is 0.0647. The van der Waals surface area contributed by atoms with E-state index in [9.17, 15) is 9.59 Å². The van der Waals surface area contributed by atoms with Crippen molar-refractivity contribution < 1.29 is 28.5 Å². The number of benzene rings is 3. The molecule has 0 amide bonds. The first-order valence-electron chi connectivity index (χ1n) is 16.2. The van der Waals surface area contributed by atoms with Crippen molar-refractivity contribution in [3.8, 4) is 11.5 Å². The summed E-state index contributed by atoms with van der Waals surface area (Å²) in [5, 5.41) is 2.76. The van der Waals surface area contributed by atoms with Crippen molar-refractivity contribution in [3.63, 3.8) is 0 Å². The van der Waals surface area contributed by atoms with E-state index >= 15 is 0 Å². The number of carbonyl (C=O) groups excluding carboxylic acids is 2. The third kappa shape index (κ3) is 9.64. The molecule has 230 valence electrons. The van der Waals surface area contributed by atoms with Crippen LogP contribution in [0.1, 0.15) is 116 Å². The predicted molar refractivity (Wildman–Crippen MR) is 171 cm³/mol. The fraction of sp³-hybridized carbons (Fsp3) is 0.556. The van der Waals surface area contributed by atoms with E-state index in [0.717, 1.165) is 62.5 Å². The Morgan fingerprint density at radius 1 is 0.524 bits per heavy atom. The molecular formula is C36H50O6. The summed E-state index contributed by atoms with van der Waals surface area (Å²) in [6, 6.07) is 11.6. The Hall–Kier alpha value is -3.28. The number of hydrogen-bond donors (Lipinski definition) is 0. The van der Waals surface area contributed by atoms with Crippen LogP contribution in [-0.2, 0) is 22.3 Å². The average molecular weight is 579 g/mol. The van der Waals surface area contributed by atoms with Crippen LogP contribution in [0.4, 0.5) is 9.59 Å². The van der Waals surface area contributed by atoms with Gasteiger partial charge in [0.15, 0.2) is 0 Å². The van der Waals surface area contributed by atoms with Gasteiger partial charge >= 0.3 is 12.3 Å². The van der Waals surface area contributed by atoms with Gasteiger partial charge in [0.1, 0.15) is 11.5 Å². The van der Waals surface area contributed by atoms with Gasteiger partial charge in [-0.3, -0.25) is 0 Å². The second-order valence-corrected chi connectivity index (χ2v) is 11.0. The molecular weight excluding hydrogens is 528 g/mol. The topological polar surface area (TPSA) is 71.1 Å². The monoisotopic (exact) mass is 578 g/mol. The number of hydrogen-bond acceptors (Lipinski definition) is 6. The largest absolute Gasteiger partial charge is 0.513 e. The van der Waals surface area contributed by atoms with E-state index in [0.29, 0.717) is 46.3 Å². The molecule has 0 bridgehead atoms. The highest BCUT2D eigenvalue weighted by Gasteiger charge is 2.22. The summed E-state index contributed by atoms with van der Waals surface area (Å²) in [7, 11) is 0. The highest BCUT2D eigenvalue weighted by Crippen LogP contribution is 2.44. The van der Waals surface area contributed by atoms with E-state index in [-0.39, 0.29) is 0 Å². The number of fused-ring (bicyclic) bond motifs is 2. The lowest BCUT2D eigenvalue weighted by Gasteiger charge is -2.18. The number of carbonyl (C=O) groups is 2. The minimum Gasteiger partial charge on any atom is -0.434 e. The molecule has 0 saturated carbocycles. The van der Waals surface area contributed by atoms with Crippen LogP contribution in [0.25, 0.3) is 21.5 Å². The van der Waals surface area contributed by atoms with E-state index in [1.165, 1.54) is 38.5 Å². The highest BCUT2D eigenvalue weighted by atomic mass is 16.7. The maximum absolute atomic E-state index is 12.9. The van der Waals surface area contributed by atoms with Gasteiger partial charge < -0.3 is 18.9 Å². The molecule has 6 nitrogen and oxygen atoms in total. The Morgan fingerprint density at radius 2 is 0.905 bits per heavy atom. The lowest BCUT2D eigenvalue weighted by molar-refractivity contribution is 0.0965. The molecule has 0 fully saturated rings. The minimum atomic E-state index is -0.723. The maximum Gasteiger partial charge on any atom is 0.513 e. The zero-order valence-electron chi connectivity index (χ0n) is 26.2. The molecule has 0 saturated heterocycles. The summed E-state index contributed by atoms with van der Waals surface area (Å²) in [5.41, 5.74) is 2.31. The molecule has 0 aromatic heterocycles. The first kappa shape index (κ1) is 33.2. The molecule has 0 heterocycles. The van der Waals surface area contributed by atoms with Crippen LogP contribution in [0.5, 0.6) is 11.5 Å². The van der Waals surface area contributed by atoms with Crippen molar-refractivity contribution >= 4 is 33.9 Å². The molecule has 3 aromatic rings. The van der Waals surface area contributed by atoms with Crippen LogP contribution in [-0.4, -0.2) is 25.5 Å². The third-order valence-electron chi connectivity index (χ3n) is 7.81.